The van der Waals surface area contributed by atoms with E-state index in [-0.39, 0.29) is 5.97 Å². The summed E-state index contributed by atoms with van der Waals surface area (Å²) in [5, 5.41) is 9.44. The van der Waals surface area contributed by atoms with Crippen molar-refractivity contribution in [2.45, 2.75) is 193 Å². The molecular formula is C36H66O4. The zero-order chi connectivity index (χ0) is 29.4. The van der Waals surface area contributed by atoms with Crippen molar-refractivity contribution in [1.82, 2.24) is 0 Å². The number of allylic oxidation sites excluding steroid dienone is 4. The van der Waals surface area contributed by atoms with Crippen molar-refractivity contribution in [3.05, 3.63) is 24.3 Å². The van der Waals surface area contributed by atoms with Gasteiger partial charge in [0, 0.05) is 6.42 Å². The van der Waals surface area contributed by atoms with E-state index in [2.05, 4.69) is 38.2 Å². The average molecular weight is 563 g/mol. The molecule has 0 aliphatic heterocycles. The fourth-order valence-electron chi connectivity index (χ4n) is 5.06. The Kier molecular flexibility index (Phi) is 30.7. The van der Waals surface area contributed by atoms with Crippen LogP contribution < -0.4 is 0 Å². The molecule has 0 bridgehead atoms. The average Bonchev–Trinajstić information content (AvgIpc) is 2.94. The van der Waals surface area contributed by atoms with Crippen molar-refractivity contribution in [3.8, 4) is 0 Å². The summed E-state index contributed by atoms with van der Waals surface area (Å²) in [4.78, 5) is 23.7. The maximum Gasteiger partial charge on any atom is 0.345 e. The van der Waals surface area contributed by atoms with Crippen LogP contribution in [0.4, 0.5) is 0 Å². The molecule has 1 atom stereocenters. The Morgan fingerprint density at radius 1 is 0.550 bits per heavy atom. The fourth-order valence-corrected chi connectivity index (χ4v) is 5.06. The van der Waals surface area contributed by atoms with Crippen LogP contribution in [0.1, 0.15) is 187 Å². The summed E-state index contributed by atoms with van der Waals surface area (Å²) in [6.07, 6.45) is 39.1. The van der Waals surface area contributed by atoms with Crippen molar-refractivity contribution in [1.29, 1.82) is 0 Å². The first-order chi connectivity index (χ1) is 19.6. The van der Waals surface area contributed by atoms with Gasteiger partial charge in [0.1, 0.15) is 0 Å². The third-order valence-electron chi connectivity index (χ3n) is 7.70. The van der Waals surface area contributed by atoms with E-state index in [0.717, 1.165) is 51.4 Å². The van der Waals surface area contributed by atoms with E-state index in [1.165, 1.54) is 109 Å². The molecule has 0 saturated carbocycles. The Bertz CT molecular complexity index is 610. The first kappa shape index (κ1) is 38.4. The molecule has 0 aromatic carbocycles. The quantitative estimate of drug-likeness (QED) is 0.0518. The summed E-state index contributed by atoms with van der Waals surface area (Å²) < 4.78 is 5.29. The van der Waals surface area contributed by atoms with Crippen molar-refractivity contribution in [2.75, 3.05) is 0 Å². The van der Waals surface area contributed by atoms with E-state index in [1.54, 1.807) is 0 Å². The molecule has 0 aromatic heterocycles. The maximum atomic E-state index is 12.1. The van der Waals surface area contributed by atoms with E-state index >= 15 is 0 Å². The monoisotopic (exact) mass is 562 g/mol. The van der Waals surface area contributed by atoms with Gasteiger partial charge in [0.25, 0.3) is 0 Å². The van der Waals surface area contributed by atoms with E-state index < -0.39 is 12.1 Å². The predicted octanol–water partition coefficient (Wildman–Crippen LogP) is 11.7. The molecule has 0 radical (unpaired) electrons. The topological polar surface area (TPSA) is 63.6 Å². The summed E-state index contributed by atoms with van der Waals surface area (Å²) in [7, 11) is 0. The zero-order valence-electron chi connectivity index (χ0n) is 26.7. The van der Waals surface area contributed by atoms with E-state index in [9.17, 15) is 14.7 Å². The van der Waals surface area contributed by atoms with Gasteiger partial charge in [-0.3, -0.25) is 4.79 Å². The molecule has 40 heavy (non-hydrogen) atoms. The number of ether oxygens (including phenoxy) is 1. The maximum absolute atomic E-state index is 12.1. The predicted molar refractivity (Wildman–Crippen MR) is 172 cm³/mol. The van der Waals surface area contributed by atoms with Gasteiger partial charge >= 0.3 is 11.9 Å². The molecule has 0 rings (SSSR count). The molecule has 0 amide bonds. The summed E-state index contributed by atoms with van der Waals surface area (Å²) >= 11 is 0. The van der Waals surface area contributed by atoms with Gasteiger partial charge in [-0.15, -0.1) is 0 Å². The first-order valence-corrected chi connectivity index (χ1v) is 17.3. The molecular weight excluding hydrogens is 496 g/mol. The minimum atomic E-state index is -1.01. The van der Waals surface area contributed by atoms with Crippen molar-refractivity contribution in [3.63, 3.8) is 0 Å². The minimum absolute atomic E-state index is 0.326. The number of hydrogen-bond acceptors (Lipinski definition) is 3. The molecule has 0 aliphatic rings. The number of carbonyl (C=O) groups excluding carboxylic acids is 1. The van der Waals surface area contributed by atoms with Gasteiger partial charge in [0.05, 0.1) is 0 Å². The smallest absolute Gasteiger partial charge is 0.345 e. The second-order valence-electron chi connectivity index (χ2n) is 11.7. The Balaban J connectivity index is 3.60. The lowest BCUT2D eigenvalue weighted by molar-refractivity contribution is -0.164. The number of rotatable bonds is 31. The molecule has 1 unspecified atom stereocenters. The number of esters is 1. The van der Waals surface area contributed by atoms with Gasteiger partial charge in [-0.2, -0.15) is 0 Å². The SMILES string of the molecule is CCCCC/C=C\C/C=C\CCCCCCCC(=O)OC(CCCCCCCCCCCCCCCC)C(=O)O. The Labute approximate surface area is 248 Å². The van der Waals surface area contributed by atoms with Gasteiger partial charge in [-0.05, 0) is 51.4 Å². The highest BCUT2D eigenvalue weighted by atomic mass is 16.6. The molecule has 0 aromatic rings. The molecule has 0 saturated heterocycles. The van der Waals surface area contributed by atoms with Crippen molar-refractivity contribution < 1.29 is 19.4 Å². The number of carbonyl (C=O) groups is 2. The molecule has 1 N–H and O–H groups in total. The lowest BCUT2D eigenvalue weighted by Gasteiger charge is -2.13. The van der Waals surface area contributed by atoms with Crippen LogP contribution in [-0.4, -0.2) is 23.1 Å². The number of unbranched alkanes of at least 4 members (excludes halogenated alkanes) is 21. The Morgan fingerprint density at radius 3 is 1.45 bits per heavy atom. The lowest BCUT2D eigenvalue weighted by atomic mass is 10.0. The standard InChI is InChI=1S/C36H66O4/c1-3-5-7-9-11-13-15-17-19-21-23-25-27-29-31-33-35(37)40-34(36(38)39)32-30-28-26-24-22-20-18-16-14-12-10-8-6-4-2/h11,13,17,19,34H,3-10,12,14-16,18,20-33H2,1-2H3,(H,38,39)/b13-11-,19-17-. The highest BCUT2D eigenvalue weighted by Gasteiger charge is 2.21. The zero-order valence-corrected chi connectivity index (χ0v) is 26.7. The Morgan fingerprint density at radius 2 is 0.950 bits per heavy atom. The molecule has 4 nitrogen and oxygen atoms in total. The van der Waals surface area contributed by atoms with Crippen LogP contribution >= 0.6 is 0 Å². The fraction of sp³-hybridized carbons (Fsp3) is 0.833. The molecule has 0 fully saturated rings. The third-order valence-corrected chi connectivity index (χ3v) is 7.70. The van der Waals surface area contributed by atoms with E-state index in [1.807, 2.05) is 0 Å². The second-order valence-corrected chi connectivity index (χ2v) is 11.7. The van der Waals surface area contributed by atoms with Crippen LogP contribution in [0.3, 0.4) is 0 Å². The van der Waals surface area contributed by atoms with Gasteiger partial charge < -0.3 is 9.84 Å². The number of carboxylic acids is 1. The highest BCUT2D eigenvalue weighted by Crippen LogP contribution is 2.15. The Hall–Kier alpha value is -1.58. The molecule has 234 valence electrons. The summed E-state index contributed by atoms with van der Waals surface area (Å²) in [6, 6.07) is 0. The minimum Gasteiger partial charge on any atom is -0.479 e. The molecule has 4 heteroatoms. The number of hydrogen-bond donors (Lipinski definition) is 1. The van der Waals surface area contributed by atoms with Crippen molar-refractivity contribution >= 4 is 11.9 Å². The number of aliphatic carboxylic acids is 1. The van der Waals surface area contributed by atoms with Crippen LogP contribution in [-0.2, 0) is 14.3 Å². The summed E-state index contributed by atoms with van der Waals surface area (Å²) in [5.41, 5.74) is 0. The summed E-state index contributed by atoms with van der Waals surface area (Å²) in [6.45, 7) is 4.50. The number of carboxylic acid groups (broad SMARTS) is 1. The largest absolute Gasteiger partial charge is 0.479 e. The third kappa shape index (κ3) is 29.4. The van der Waals surface area contributed by atoms with Crippen LogP contribution in [0.2, 0.25) is 0 Å². The van der Waals surface area contributed by atoms with Gasteiger partial charge in [-0.1, -0.05) is 154 Å². The first-order valence-electron chi connectivity index (χ1n) is 17.3. The van der Waals surface area contributed by atoms with Gasteiger partial charge in [-0.25, -0.2) is 4.79 Å². The van der Waals surface area contributed by atoms with E-state index in [0.29, 0.717) is 12.8 Å². The van der Waals surface area contributed by atoms with Crippen LogP contribution in [0.5, 0.6) is 0 Å². The van der Waals surface area contributed by atoms with Gasteiger partial charge in [0.2, 0.25) is 0 Å². The second kappa shape index (κ2) is 31.9. The van der Waals surface area contributed by atoms with Crippen LogP contribution in [0.15, 0.2) is 24.3 Å². The molecule has 0 heterocycles. The lowest BCUT2D eigenvalue weighted by Crippen LogP contribution is -2.27. The van der Waals surface area contributed by atoms with E-state index in [4.69, 9.17) is 4.74 Å². The van der Waals surface area contributed by atoms with Crippen molar-refractivity contribution in [2.24, 2.45) is 0 Å². The highest BCUT2D eigenvalue weighted by molar-refractivity contribution is 5.77. The molecule has 0 aliphatic carbocycles. The van der Waals surface area contributed by atoms with Crippen LogP contribution in [0, 0.1) is 0 Å². The van der Waals surface area contributed by atoms with Crippen LogP contribution in [0.25, 0.3) is 0 Å². The summed E-state index contributed by atoms with van der Waals surface area (Å²) in [5.74, 6) is -1.37. The molecule has 0 spiro atoms. The normalized spacial score (nSPS) is 12.4. The van der Waals surface area contributed by atoms with Gasteiger partial charge in [0.15, 0.2) is 6.10 Å².